The summed E-state index contributed by atoms with van der Waals surface area (Å²) < 4.78 is 34.2. The number of sulfonamides is 1. The highest BCUT2D eigenvalue weighted by Gasteiger charge is 2.26. The number of fused-ring (bicyclic) bond motifs is 1. The molecule has 190 valence electrons. The largest absolute Gasteiger partial charge is 0.467 e. The van der Waals surface area contributed by atoms with Gasteiger partial charge in [0.25, 0.3) is 5.91 Å². The second kappa shape index (κ2) is 11.4. The van der Waals surface area contributed by atoms with E-state index in [1.54, 1.807) is 29.4 Å². The van der Waals surface area contributed by atoms with Crippen LogP contribution in [0.4, 0.5) is 5.13 Å². The van der Waals surface area contributed by atoms with E-state index in [0.29, 0.717) is 29.5 Å². The molecule has 36 heavy (non-hydrogen) atoms. The Hall–Kier alpha value is -3.01. The van der Waals surface area contributed by atoms with Gasteiger partial charge < -0.3 is 4.42 Å². The molecule has 0 fully saturated rings. The van der Waals surface area contributed by atoms with Gasteiger partial charge in [0.1, 0.15) is 5.76 Å². The van der Waals surface area contributed by atoms with Crippen LogP contribution >= 0.6 is 11.3 Å². The molecule has 0 aliphatic rings. The van der Waals surface area contributed by atoms with Crippen molar-refractivity contribution in [3.8, 4) is 0 Å². The maximum absolute atomic E-state index is 13.7. The monoisotopic (exact) mass is 525 g/mol. The second-order valence-corrected chi connectivity index (χ2v) is 11.4. The molecule has 9 heteroatoms. The first-order chi connectivity index (χ1) is 17.4. The Morgan fingerprint density at radius 3 is 2.44 bits per heavy atom. The van der Waals surface area contributed by atoms with E-state index in [9.17, 15) is 13.2 Å². The van der Waals surface area contributed by atoms with Crippen molar-refractivity contribution in [3.63, 3.8) is 0 Å². The normalized spacial score (nSPS) is 11.9. The Morgan fingerprint density at radius 1 is 1.03 bits per heavy atom. The Bertz CT molecular complexity index is 1410. The zero-order valence-electron chi connectivity index (χ0n) is 20.8. The molecule has 0 aliphatic carbocycles. The van der Waals surface area contributed by atoms with Crippen molar-refractivity contribution in [1.29, 1.82) is 0 Å². The van der Waals surface area contributed by atoms with Gasteiger partial charge in [-0.05, 0) is 60.9 Å². The van der Waals surface area contributed by atoms with Crippen LogP contribution in [0.15, 0.2) is 70.2 Å². The standard InChI is InChI=1S/C27H31N3O4S2/c1-4-7-17-29(6-3)36(32,33)23-15-13-21(14-16-23)26(31)30(19-22-11-9-18-34-22)27-28-25-20(5-2)10-8-12-24(25)35-27/h8-16,18H,4-7,17,19H2,1-3H3. The van der Waals surface area contributed by atoms with Gasteiger partial charge in [-0.2, -0.15) is 4.31 Å². The van der Waals surface area contributed by atoms with Crippen molar-refractivity contribution in [2.24, 2.45) is 0 Å². The lowest BCUT2D eigenvalue weighted by Crippen LogP contribution is -2.32. The maximum Gasteiger partial charge on any atom is 0.260 e. The zero-order chi connectivity index (χ0) is 25.7. The molecule has 0 atom stereocenters. The van der Waals surface area contributed by atoms with Gasteiger partial charge in [0, 0.05) is 18.7 Å². The molecule has 0 radical (unpaired) electrons. The van der Waals surface area contributed by atoms with E-state index in [1.807, 2.05) is 38.1 Å². The number of para-hydroxylation sites is 1. The van der Waals surface area contributed by atoms with E-state index < -0.39 is 10.0 Å². The lowest BCUT2D eigenvalue weighted by Gasteiger charge is -2.21. The number of thiazole rings is 1. The fraction of sp³-hybridized carbons (Fsp3) is 0.333. The summed E-state index contributed by atoms with van der Waals surface area (Å²) >= 11 is 1.45. The molecule has 0 bridgehead atoms. The number of aromatic nitrogens is 1. The molecule has 7 nitrogen and oxygen atoms in total. The summed E-state index contributed by atoms with van der Waals surface area (Å²) in [6.07, 6.45) is 4.13. The third kappa shape index (κ3) is 5.38. The average molecular weight is 526 g/mol. The molecule has 2 aromatic heterocycles. The topological polar surface area (TPSA) is 83.7 Å². The van der Waals surface area contributed by atoms with Crippen LogP contribution in [0.5, 0.6) is 0 Å². The number of hydrogen-bond acceptors (Lipinski definition) is 6. The number of amides is 1. The van der Waals surface area contributed by atoms with Crippen molar-refractivity contribution in [2.75, 3.05) is 18.0 Å². The summed E-state index contributed by atoms with van der Waals surface area (Å²) in [5, 5.41) is 0.570. The molecule has 0 saturated heterocycles. The highest BCUT2D eigenvalue weighted by molar-refractivity contribution is 7.89. The molecule has 0 saturated carbocycles. The SMILES string of the molecule is CCCCN(CC)S(=O)(=O)c1ccc(C(=O)N(Cc2ccco2)c2nc3c(CC)cccc3s2)cc1. The van der Waals surface area contributed by atoms with Crippen molar-refractivity contribution >= 4 is 42.6 Å². The number of carbonyl (C=O) groups is 1. The fourth-order valence-electron chi connectivity index (χ4n) is 4.04. The van der Waals surface area contributed by atoms with Gasteiger partial charge in [-0.25, -0.2) is 13.4 Å². The van der Waals surface area contributed by atoms with Crippen LogP contribution in [0.1, 0.15) is 55.3 Å². The van der Waals surface area contributed by atoms with Crippen LogP contribution in [0.2, 0.25) is 0 Å². The Kier molecular flexibility index (Phi) is 8.23. The van der Waals surface area contributed by atoms with E-state index in [1.165, 1.54) is 27.8 Å². The number of nitrogens with zero attached hydrogens (tertiary/aromatic N) is 3. The molecule has 2 heterocycles. The van der Waals surface area contributed by atoms with E-state index in [-0.39, 0.29) is 17.3 Å². The summed E-state index contributed by atoms with van der Waals surface area (Å²) in [7, 11) is -3.62. The number of furan rings is 1. The minimum atomic E-state index is -3.62. The first kappa shape index (κ1) is 26.1. The summed E-state index contributed by atoms with van der Waals surface area (Å²) in [4.78, 5) is 20.3. The number of carbonyl (C=O) groups excluding carboxylic acids is 1. The highest BCUT2D eigenvalue weighted by atomic mass is 32.2. The van der Waals surface area contributed by atoms with Gasteiger partial charge >= 0.3 is 0 Å². The number of unbranched alkanes of at least 4 members (excludes halogenated alkanes) is 1. The van der Waals surface area contributed by atoms with E-state index in [2.05, 4.69) is 6.92 Å². The third-order valence-electron chi connectivity index (χ3n) is 6.10. The smallest absolute Gasteiger partial charge is 0.260 e. The van der Waals surface area contributed by atoms with Crippen LogP contribution < -0.4 is 4.90 Å². The number of benzene rings is 2. The van der Waals surface area contributed by atoms with Gasteiger partial charge in [-0.1, -0.05) is 50.7 Å². The van der Waals surface area contributed by atoms with Crippen LogP contribution in [-0.4, -0.2) is 36.7 Å². The minimum Gasteiger partial charge on any atom is -0.467 e. The predicted octanol–water partition coefficient (Wildman–Crippen LogP) is 6.11. The summed E-state index contributed by atoms with van der Waals surface area (Å²) in [6.45, 7) is 7.04. The zero-order valence-corrected chi connectivity index (χ0v) is 22.4. The fourth-order valence-corrected chi connectivity index (χ4v) is 6.54. The van der Waals surface area contributed by atoms with Gasteiger partial charge in [0.15, 0.2) is 5.13 Å². The minimum absolute atomic E-state index is 0.183. The molecule has 0 spiro atoms. The van der Waals surface area contributed by atoms with E-state index in [4.69, 9.17) is 9.40 Å². The number of anilines is 1. The van der Waals surface area contributed by atoms with E-state index >= 15 is 0 Å². The van der Waals surface area contributed by atoms with Gasteiger partial charge in [-0.15, -0.1) is 0 Å². The van der Waals surface area contributed by atoms with Gasteiger partial charge in [-0.3, -0.25) is 9.69 Å². The Morgan fingerprint density at radius 2 is 1.81 bits per heavy atom. The number of hydrogen-bond donors (Lipinski definition) is 0. The molecular weight excluding hydrogens is 494 g/mol. The molecule has 4 aromatic rings. The average Bonchev–Trinajstić information content (AvgIpc) is 3.57. The molecule has 2 aromatic carbocycles. The van der Waals surface area contributed by atoms with Gasteiger partial charge in [0.2, 0.25) is 10.0 Å². The first-order valence-electron chi connectivity index (χ1n) is 12.2. The lowest BCUT2D eigenvalue weighted by molar-refractivity contribution is 0.0983. The number of aryl methyl sites for hydroxylation is 1. The molecule has 0 aliphatic heterocycles. The first-order valence-corrected chi connectivity index (χ1v) is 14.5. The van der Waals surface area contributed by atoms with Crippen LogP contribution in [0.25, 0.3) is 10.2 Å². The molecule has 0 unspecified atom stereocenters. The summed E-state index contributed by atoms with van der Waals surface area (Å²) in [5.74, 6) is 0.359. The second-order valence-electron chi connectivity index (χ2n) is 8.46. The molecular formula is C27H31N3O4S2. The highest BCUT2D eigenvalue weighted by Crippen LogP contribution is 2.33. The molecule has 1 amide bonds. The Balaban J connectivity index is 1.67. The molecule has 0 N–H and O–H groups in total. The summed E-state index contributed by atoms with van der Waals surface area (Å²) in [6, 6.07) is 15.8. The maximum atomic E-state index is 13.7. The van der Waals surface area contributed by atoms with Crippen molar-refractivity contribution in [3.05, 3.63) is 77.7 Å². The predicted molar refractivity (Wildman–Crippen MR) is 144 cm³/mol. The third-order valence-corrected chi connectivity index (χ3v) is 9.13. The van der Waals surface area contributed by atoms with Gasteiger partial charge in [0.05, 0.1) is 27.9 Å². The van der Waals surface area contributed by atoms with Crippen LogP contribution in [-0.2, 0) is 23.0 Å². The van der Waals surface area contributed by atoms with Crippen LogP contribution in [0, 0.1) is 0 Å². The Labute approximate surface area is 216 Å². The van der Waals surface area contributed by atoms with Crippen LogP contribution in [0.3, 0.4) is 0 Å². The summed E-state index contributed by atoms with van der Waals surface area (Å²) in [5.41, 5.74) is 2.40. The quantitative estimate of drug-likeness (QED) is 0.236. The van der Waals surface area contributed by atoms with Crippen molar-refractivity contribution in [2.45, 2.75) is 51.5 Å². The van der Waals surface area contributed by atoms with Crippen molar-refractivity contribution < 1.29 is 17.6 Å². The lowest BCUT2D eigenvalue weighted by atomic mass is 10.1. The molecule has 4 rings (SSSR count). The number of rotatable bonds is 11. The van der Waals surface area contributed by atoms with E-state index in [0.717, 1.165) is 35.0 Å². The van der Waals surface area contributed by atoms with Crippen molar-refractivity contribution in [1.82, 2.24) is 9.29 Å².